The summed E-state index contributed by atoms with van der Waals surface area (Å²) in [5, 5.41) is 9.45. The van der Waals surface area contributed by atoms with Crippen LogP contribution in [0, 0.1) is 6.92 Å². The van der Waals surface area contributed by atoms with E-state index in [0.717, 1.165) is 22.7 Å². The highest BCUT2D eigenvalue weighted by Gasteiger charge is 2.26. The number of hydrogen-bond donors (Lipinski definition) is 1. The summed E-state index contributed by atoms with van der Waals surface area (Å²) in [5.74, 6) is 1.57. The second-order valence-corrected chi connectivity index (χ2v) is 4.97. The molecule has 0 amide bonds. The maximum absolute atomic E-state index is 9.45. The maximum Gasteiger partial charge on any atom is 0.148 e. The third kappa shape index (κ3) is 2.53. The summed E-state index contributed by atoms with van der Waals surface area (Å²) in [6.07, 6.45) is 0. The quantitative estimate of drug-likeness (QED) is 0.873. The average Bonchev–Trinajstić information content (AvgIpc) is 2.37. The first-order valence-electron chi connectivity index (χ1n) is 5.95. The molecule has 1 aromatic rings. The molecule has 0 saturated heterocycles. The lowest BCUT2D eigenvalue weighted by Crippen LogP contribution is -2.44. The van der Waals surface area contributed by atoms with Crippen molar-refractivity contribution in [3.63, 3.8) is 0 Å². The van der Waals surface area contributed by atoms with Gasteiger partial charge in [0.25, 0.3) is 0 Å². The van der Waals surface area contributed by atoms with Crippen LogP contribution in [0.15, 0.2) is 12.1 Å². The molecule has 0 aliphatic rings. The van der Waals surface area contributed by atoms with E-state index in [1.165, 1.54) is 0 Å². The standard InChI is InChI=1S/C14H23NO3/c1-10-12(17-5)8-7-11(13(10)18-6)15(4)14(2,3)9-16/h7-8,16H,9H2,1-6H3. The monoisotopic (exact) mass is 253 g/mol. The zero-order valence-corrected chi connectivity index (χ0v) is 12.1. The highest BCUT2D eigenvalue weighted by atomic mass is 16.5. The Morgan fingerprint density at radius 2 is 1.83 bits per heavy atom. The lowest BCUT2D eigenvalue weighted by Gasteiger charge is -2.37. The van der Waals surface area contributed by atoms with E-state index in [1.54, 1.807) is 14.2 Å². The molecule has 0 unspecified atom stereocenters. The highest BCUT2D eigenvalue weighted by molar-refractivity contribution is 5.66. The van der Waals surface area contributed by atoms with E-state index in [4.69, 9.17) is 9.47 Å². The van der Waals surface area contributed by atoms with Crippen LogP contribution in [-0.2, 0) is 0 Å². The van der Waals surface area contributed by atoms with Gasteiger partial charge in [-0.3, -0.25) is 0 Å². The summed E-state index contributed by atoms with van der Waals surface area (Å²) in [6, 6.07) is 3.86. The summed E-state index contributed by atoms with van der Waals surface area (Å²) >= 11 is 0. The van der Waals surface area contributed by atoms with Crippen molar-refractivity contribution in [2.45, 2.75) is 26.3 Å². The second-order valence-electron chi connectivity index (χ2n) is 4.97. The van der Waals surface area contributed by atoms with Crippen molar-refractivity contribution in [2.24, 2.45) is 0 Å². The van der Waals surface area contributed by atoms with E-state index >= 15 is 0 Å². The third-order valence-electron chi connectivity index (χ3n) is 3.42. The van der Waals surface area contributed by atoms with Gasteiger partial charge in [-0.25, -0.2) is 0 Å². The number of anilines is 1. The van der Waals surface area contributed by atoms with Crippen molar-refractivity contribution in [3.8, 4) is 11.5 Å². The third-order valence-corrected chi connectivity index (χ3v) is 3.42. The fourth-order valence-electron chi connectivity index (χ4n) is 1.83. The van der Waals surface area contributed by atoms with Crippen LogP contribution in [0.3, 0.4) is 0 Å². The minimum atomic E-state index is -0.353. The molecule has 18 heavy (non-hydrogen) atoms. The number of benzene rings is 1. The number of methoxy groups -OCH3 is 2. The Balaban J connectivity index is 3.29. The van der Waals surface area contributed by atoms with Crippen LogP contribution in [0.4, 0.5) is 5.69 Å². The molecule has 0 bridgehead atoms. The Bertz CT molecular complexity index is 416. The molecule has 0 heterocycles. The van der Waals surface area contributed by atoms with Gasteiger partial charge >= 0.3 is 0 Å². The van der Waals surface area contributed by atoms with Gasteiger partial charge in [0.2, 0.25) is 0 Å². The van der Waals surface area contributed by atoms with Crippen LogP contribution in [0.25, 0.3) is 0 Å². The molecular weight excluding hydrogens is 230 g/mol. The zero-order valence-electron chi connectivity index (χ0n) is 12.1. The number of aliphatic hydroxyl groups is 1. The molecule has 1 N–H and O–H groups in total. The molecule has 0 spiro atoms. The molecule has 1 rings (SSSR count). The predicted octanol–water partition coefficient (Wildman–Crippen LogP) is 2.22. The van der Waals surface area contributed by atoms with E-state index in [0.29, 0.717) is 0 Å². The molecule has 4 nitrogen and oxygen atoms in total. The molecule has 0 aliphatic carbocycles. The van der Waals surface area contributed by atoms with Crippen molar-refractivity contribution in [1.29, 1.82) is 0 Å². The topological polar surface area (TPSA) is 41.9 Å². The van der Waals surface area contributed by atoms with Gasteiger partial charge in [-0.05, 0) is 32.9 Å². The summed E-state index contributed by atoms with van der Waals surface area (Å²) in [6.45, 7) is 5.98. The molecular formula is C14H23NO3. The van der Waals surface area contributed by atoms with Crippen molar-refractivity contribution in [1.82, 2.24) is 0 Å². The van der Waals surface area contributed by atoms with E-state index in [9.17, 15) is 5.11 Å². The Kier molecular flexibility index (Phi) is 4.46. The van der Waals surface area contributed by atoms with Gasteiger partial charge in [0, 0.05) is 12.6 Å². The molecule has 1 aromatic carbocycles. The van der Waals surface area contributed by atoms with Crippen LogP contribution < -0.4 is 14.4 Å². The summed E-state index contributed by atoms with van der Waals surface area (Å²) in [5.41, 5.74) is 1.54. The zero-order chi connectivity index (χ0) is 13.9. The van der Waals surface area contributed by atoms with Gasteiger partial charge in [0.05, 0.1) is 32.1 Å². The van der Waals surface area contributed by atoms with Gasteiger partial charge in [0.15, 0.2) is 0 Å². The number of hydrogen-bond acceptors (Lipinski definition) is 4. The van der Waals surface area contributed by atoms with Gasteiger partial charge in [-0.15, -0.1) is 0 Å². The molecule has 0 radical (unpaired) electrons. The van der Waals surface area contributed by atoms with Crippen LogP contribution in [0.1, 0.15) is 19.4 Å². The average molecular weight is 253 g/mol. The second kappa shape index (κ2) is 5.48. The summed E-state index contributed by atoms with van der Waals surface area (Å²) in [7, 11) is 5.23. The van der Waals surface area contributed by atoms with Gasteiger partial charge < -0.3 is 19.5 Å². The first-order chi connectivity index (χ1) is 8.38. The first-order valence-corrected chi connectivity index (χ1v) is 5.95. The van der Waals surface area contributed by atoms with Crippen molar-refractivity contribution < 1.29 is 14.6 Å². The molecule has 0 fully saturated rings. The number of likely N-dealkylation sites (N-methyl/N-ethyl adjacent to an activating group) is 1. The molecule has 102 valence electrons. The molecule has 0 aliphatic heterocycles. The highest BCUT2D eigenvalue weighted by Crippen LogP contribution is 2.38. The van der Waals surface area contributed by atoms with Crippen molar-refractivity contribution in [2.75, 3.05) is 32.8 Å². The van der Waals surface area contributed by atoms with E-state index in [1.807, 2.05) is 44.9 Å². The Labute approximate surface area is 109 Å². The molecule has 0 atom stereocenters. The minimum Gasteiger partial charge on any atom is -0.496 e. The molecule has 0 aromatic heterocycles. The van der Waals surface area contributed by atoms with Crippen molar-refractivity contribution in [3.05, 3.63) is 17.7 Å². The SMILES string of the molecule is COc1ccc(N(C)C(C)(C)CO)c(OC)c1C. The lowest BCUT2D eigenvalue weighted by molar-refractivity contribution is 0.215. The van der Waals surface area contributed by atoms with Crippen LogP contribution in [-0.4, -0.2) is 38.5 Å². The first kappa shape index (κ1) is 14.6. The number of aliphatic hydroxyl groups excluding tert-OH is 1. The predicted molar refractivity (Wildman–Crippen MR) is 73.9 cm³/mol. The fraction of sp³-hybridized carbons (Fsp3) is 0.571. The smallest absolute Gasteiger partial charge is 0.148 e. The van der Waals surface area contributed by atoms with Crippen molar-refractivity contribution >= 4 is 5.69 Å². The van der Waals surface area contributed by atoms with Gasteiger partial charge in [-0.2, -0.15) is 0 Å². The summed E-state index contributed by atoms with van der Waals surface area (Å²) < 4.78 is 10.8. The Morgan fingerprint density at radius 1 is 1.22 bits per heavy atom. The largest absolute Gasteiger partial charge is 0.496 e. The van der Waals surface area contributed by atoms with Crippen LogP contribution >= 0.6 is 0 Å². The molecule has 4 heteroatoms. The van der Waals surface area contributed by atoms with E-state index in [2.05, 4.69) is 0 Å². The van der Waals surface area contributed by atoms with E-state index < -0.39 is 0 Å². The number of nitrogens with zero attached hydrogens (tertiary/aromatic N) is 1. The van der Waals surface area contributed by atoms with E-state index in [-0.39, 0.29) is 12.1 Å². The maximum atomic E-state index is 9.45. The summed E-state index contributed by atoms with van der Waals surface area (Å²) in [4.78, 5) is 2.01. The normalized spacial score (nSPS) is 11.3. The van der Waals surface area contributed by atoms with Gasteiger partial charge in [0.1, 0.15) is 11.5 Å². The fourth-order valence-corrected chi connectivity index (χ4v) is 1.83. The molecule has 0 saturated carbocycles. The number of rotatable bonds is 5. The minimum absolute atomic E-state index is 0.0672. The van der Waals surface area contributed by atoms with Crippen LogP contribution in [0.5, 0.6) is 11.5 Å². The Hall–Kier alpha value is -1.42. The van der Waals surface area contributed by atoms with Crippen LogP contribution in [0.2, 0.25) is 0 Å². The Morgan fingerprint density at radius 3 is 2.28 bits per heavy atom. The van der Waals surface area contributed by atoms with Gasteiger partial charge in [-0.1, -0.05) is 0 Å². The number of ether oxygens (including phenoxy) is 2. The lowest BCUT2D eigenvalue weighted by atomic mass is 10.0.